The summed E-state index contributed by atoms with van der Waals surface area (Å²) in [6, 6.07) is 9.44. The predicted octanol–water partition coefficient (Wildman–Crippen LogP) is 2.85. The fraction of sp³-hybridized carbons (Fsp3) is 0.214. The van der Waals surface area contributed by atoms with Gasteiger partial charge in [-0.3, -0.25) is 4.79 Å². The topological polar surface area (TPSA) is 61.9 Å². The largest absolute Gasteiger partial charge is 0.334 e. The van der Waals surface area contributed by atoms with Crippen LogP contribution in [0.4, 0.5) is 0 Å². The molecule has 0 radical (unpaired) electrons. The molecular formula is C14H14N4OS. The van der Waals surface area contributed by atoms with Gasteiger partial charge in [-0.15, -0.1) is 11.3 Å². The number of benzene rings is 1. The lowest BCUT2D eigenvalue weighted by Crippen LogP contribution is -2.29. The second kappa shape index (κ2) is 5.05. The monoisotopic (exact) mass is 286 g/mol. The molecule has 20 heavy (non-hydrogen) atoms. The SMILES string of the molecule is C[C@@H](c1cccs1)N(C)C(=O)c1ccc2n[nH]nc2c1. The van der Waals surface area contributed by atoms with Crippen LogP contribution >= 0.6 is 11.3 Å². The number of aromatic amines is 1. The smallest absolute Gasteiger partial charge is 0.254 e. The molecule has 6 heteroatoms. The molecule has 2 heterocycles. The van der Waals surface area contributed by atoms with Crippen LogP contribution in [-0.4, -0.2) is 33.3 Å². The summed E-state index contributed by atoms with van der Waals surface area (Å²) in [4.78, 5) is 15.4. The van der Waals surface area contributed by atoms with Crippen molar-refractivity contribution >= 4 is 28.3 Å². The predicted molar refractivity (Wildman–Crippen MR) is 78.7 cm³/mol. The van der Waals surface area contributed by atoms with Crippen LogP contribution in [0, 0.1) is 0 Å². The average Bonchev–Trinajstić information content (AvgIpc) is 3.14. The molecular weight excluding hydrogens is 272 g/mol. The number of carbonyl (C=O) groups excluding carboxylic acids is 1. The maximum atomic E-state index is 12.5. The summed E-state index contributed by atoms with van der Waals surface area (Å²) in [5, 5.41) is 12.6. The van der Waals surface area contributed by atoms with Crippen molar-refractivity contribution in [2.45, 2.75) is 13.0 Å². The van der Waals surface area contributed by atoms with E-state index in [4.69, 9.17) is 0 Å². The standard InChI is InChI=1S/C14H14N4OS/c1-9(13-4-3-7-20-13)18(2)14(19)10-5-6-11-12(8-10)16-17-15-11/h3-9H,1-2H3,(H,15,16,17)/t9-/m0/s1. The second-order valence-electron chi connectivity index (χ2n) is 4.63. The van der Waals surface area contributed by atoms with Gasteiger partial charge in [0.15, 0.2) is 0 Å². The number of fused-ring (bicyclic) bond motifs is 1. The van der Waals surface area contributed by atoms with Crippen molar-refractivity contribution in [1.29, 1.82) is 0 Å². The molecule has 1 N–H and O–H groups in total. The van der Waals surface area contributed by atoms with Gasteiger partial charge in [0.1, 0.15) is 11.0 Å². The molecule has 0 saturated heterocycles. The number of hydrogen-bond donors (Lipinski definition) is 1. The molecule has 0 saturated carbocycles. The molecule has 1 atom stereocenters. The zero-order chi connectivity index (χ0) is 14.1. The first-order chi connectivity index (χ1) is 9.66. The summed E-state index contributed by atoms with van der Waals surface area (Å²) in [7, 11) is 1.82. The van der Waals surface area contributed by atoms with E-state index in [0.717, 1.165) is 5.52 Å². The van der Waals surface area contributed by atoms with Gasteiger partial charge in [0.2, 0.25) is 0 Å². The maximum absolute atomic E-state index is 12.5. The van der Waals surface area contributed by atoms with Gasteiger partial charge in [-0.05, 0) is 36.6 Å². The number of carbonyl (C=O) groups is 1. The number of nitrogens with one attached hydrogen (secondary N) is 1. The summed E-state index contributed by atoms with van der Waals surface area (Å²) in [6.45, 7) is 2.03. The fourth-order valence-electron chi connectivity index (χ4n) is 2.07. The molecule has 3 rings (SSSR count). The molecule has 1 amide bonds. The van der Waals surface area contributed by atoms with Gasteiger partial charge in [0.25, 0.3) is 5.91 Å². The molecule has 0 aliphatic carbocycles. The van der Waals surface area contributed by atoms with E-state index in [9.17, 15) is 4.79 Å². The van der Waals surface area contributed by atoms with Gasteiger partial charge in [-0.2, -0.15) is 15.4 Å². The van der Waals surface area contributed by atoms with Gasteiger partial charge in [0, 0.05) is 17.5 Å². The highest BCUT2D eigenvalue weighted by Gasteiger charge is 2.20. The molecule has 0 aliphatic heterocycles. The third-order valence-electron chi connectivity index (χ3n) is 3.42. The first-order valence-electron chi connectivity index (χ1n) is 6.28. The third kappa shape index (κ3) is 2.18. The van der Waals surface area contributed by atoms with Crippen molar-refractivity contribution in [2.75, 3.05) is 7.05 Å². The Balaban J connectivity index is 1.87. The number of nitrogens with zero attached hydrogens (tertiary/aromatic N) is 3. The van der Waals surface area contributed by atoms with Crippen molar-refractivity contribution in [2.24, 2.45) is 0 Å². The second-order valence-corrected chi connectivity index (χ2v) is 5.61. The summed E-state index contributed by atoms with van der Waals surface area (Å²) in [5.74, 6) is -0.0178. The molecule has 5 nitrogen and oxygen atoms in total. The van der Waals surface area contributed by atoms with Gasteiger partial charge < -0.3 is 4.90 Å². The van der Waals surface area contributed by atoms with Crippen molar-refractivity contribution in [3.8, 4) is 0 Å². The lowest BCUT2D eigenvalue weighted by Gasteiger charge is -2.24. The van der Waals surface area contributed by atoms with Gasteiger partial charge in [-0.1, -0.05) is 6.07 Å². The van der Waals surface area contributed by atoms with E-state index in [1.807, 2.05) is 31.5 Å². The highest BCUT2D eigenvalue weighted by Crippen LogP contribution is 2.25. The van der Waals surface area contributed by atoms with Crippen LogP contribution < -0.4 is 0 Å². The third-order valence-corrected chi connectivity index (χ3v) is 4.46. The highest BCUT2D eigenvalue weighted by atomic mass is 32.1. The van der Waals surface area contributed by atoms with E-state index in [0.29, 0.717) is 11.1 Å². The van der Waals surface area contributed by atoms with Crippen molar-refractivity contribution < 1.29 is 4.79 Å². The molecule has 0 unspecified atom stereocenters. The molecule has 3 aromatic rings. The molecule has 0 fully saturated rings. The molecule has 0 aliphatic rings. The highest BCUT2D eigenvalue weighted by molar-refractivity contribution is 7.10. The summed E-state index contributed by atoms with van der Waals surface area (Å²) in [6.07, 6.45) is 0. The average molecular weight is 286 g/mol. The number of rotatable bonds is 3. The van der Waals surface area contributed by atoms with Crippen LogP contribution in [0.3, 0.4) is 0 Å². The number of aromatic nitrogens is 3. The van der Waals surface area contributed by atoms with Crippen molar-refractivity contribution in [1.82, 2.24) is 20.3 Å². The van der Waals surface area contributed by atoms with Crippen LogP contribution in [0.2, 0.25) is 0 Å². The lowest BCUT2D eigenvalue weighted by molar-refractivity contribution is 0.0745. The minimum absolute atomic E-state index is 0.0178. The number of hydrogen-bond acceptors (Lipinski definition) is 4. The van der Waals surface area contributed by atoms with Crippen LogP contribution in [-0.2, 0) is 0 Å². The zero-order valence-electron chi connectivity index (χ0n) is 11.2. The summed E-state index contributed by atoms with van der Waals surface area (Å²) >= 11 is 1.65. The van der Waals surface area contributed by atoms with Crippen LogP contribution in [0.5, 0.6) is 0 Å². The molecule has 0 spiro atoms. The Morgan fingerprint density at radius 1 is 1.30 bits per heavy atom. The normalized spacial score (nSPS) is 12.5. The van der Waals surface area contributed by atoms with E-state index < -0.39 is 0 Å². The van der Waals surface area contributed by atoms with E-state index >= 15 is 0 Å². The van der Waals surface area contributed by atoms with E-state index in [1.165, 1.54) is 4.88 Å². The molecule has 0 bridgehead atoms. The number of H-pyrrole nitrogens is 1. The van der Waals surface area contributed by atoms with Gasteiger partial charge in [0.05, 0.1) is 6.04 Å². The van der Waals surface area contributed by atoms with Gasteiger partial charge >= 0.3 is 0 Å². The Hall–Kier alpha value is -2.21. The molecule has 102 valence electrons. The Kier molecular flexibility index (Phi) is 3.23. The van der Waals surface area contributed by atoms with Crippen molar-refractivity contribution in [3.05, 3.63) is 46.2 Å². The maximum Gasteiger partial charge on any atom is 0.254 e. The number of thiophene rings is 1. The van der Waals surface area contributed by atoms with E-state index in [2.05, 4.69) is 15.4 Å². The molecule has 2 aromatic heterocycles. The Morgan fingerprint density at radius 2 is 2.10 bits per heavy atom. The van der Waals surface area contributed by atoms with E-state index in [1.54, 1.807) is 34.4 Å². The summed E-state index contributed by atoms with van der Waals surface area (Å²) < 4.78 is 0. The van der Waals surface area contributed by atoms with Crippen LogP contribution in [0.15, 0.2) is 35.7 Å². The quantitative estimate of drug-likeness (QED) is 0.805. The van der Waals surface area contributed by atoms with Crippen LogP contribution in [0.1, 0.15) is 28.2 Å². The fourth-order valence-corrected chi connectivity index (χ4v) is 2.90. The Labute approximate surface area is 120 Å². The Morgan fingerprint density at radius 3 is 2.85 bits per heavy atom. The van der Waals surface area contributed by atoms with E-state index in [-0.39, 0.29) is 11.9 Å². The first-order valence-corrected chi connectivity index (χ1v) is 7.16. The number of amides is 1. The van der Waals surface area contributed by atoms with Crippen molar-refractivity contribution in [3.63, 3.8) is 0 Å². The minimum Gasteiger partial charge on any atom is -0.334 e. The minimum atomic E-state index is -0.0178. The van der Waals surface area contributed by atoms with Crippen LogP contribution in [0.25, 0.3) is 11.0 Å². The Bertz CT molecular complexity index is 735. The first kappa shape index (κ1) is 12.8. The zero-order valence-corrected chi connectivity index (χ0v) is 12.0. The van der Waals surface area contributed by atoms with Gasteiger partial charge in [-0.25, -0.2) is 0 Å². The summed E-state index contributed by atoms with van der Waals surface area (Å²) in [5.41, 5.74) is 2.08. The lowest BCUT2D eigenvalue weighted by atomic mass is 10.1. The molecule has 1 aromatic carbocycles.